The average molecular weight is 957 g/mol. The van der Waals surface area contributed by atoms with Gasteiger partial charge in [0.1, 0.15) is 0 Å². The Balaban J connectivity index is 3.54. The molecule has 0 spiro atoms. The van der Waals surface area contributed by atoms with E-state index >= 15 is 0 Å². The van der Waals surface area contributed by atoms with Crippen LogP contribution in [0.2, 0.25) is 0 Å². The number of hydrogen-bond acceptors (Lipinski definition) is 5. The van der Waals surface area contributed by atoms with Crippen LogP contribution in [-0.2, 0) is 14.3 Å². The maximum absolute atomic E-state index is 12.5. The smallest absolute Gasteiger partial charge is 0.305 e. The van der Waals surface area contributed by atoms with Crippen LogP contribution in [0, 0.1) is 0 Å². The lowest BCUT2D eigenvalue weighted by molar-refractivity contribution is -0.143. The third-order valence-electron chi connectivity index (χ3n) is 13.9. The van der Waals surface area contributed by atoms with Crippen molar-refractivity contribution < 1.29 is 24.5 Å². The predicted molar refractivity (Wildman–Crippen MR) is 296 cm³/mol. The van der Waals surface area contributed by atoms with Crippen LogP contribution in [0.25, 0.3) is 0 Å². The molecule has 0 heterocycles. The number of nitrogens with one attached hydrogen (secondary N) is 1. The van der Waals surface area contributed by atoms with Crippen LogP contribution in [0.5, 0.6) is 0 Å². The van der Waals surface area contributed by atoms with Gasteiger partial charge in [0.2, 0.25) is 5.91 Å². The fourth-order valence-electron chi connectivity index (χ4n) is 9.22. The van der Waals surface area contributed by atoms with Gasteiger partial charge in [-0.05, 0) is 77.0 Å². The van der Waals surface area contributed by atoms with Crippen molar-refractivity contribution in [2.24, 2.45) is 0 Å². The molecule has 0 aliphatic heterocycles. The van der Waals surface area contributed by atoms with Crippen LogP contribution in [-0.4, -0.2) is 47.4 Å². The molecule has 6 heteroatoms. The first-order valence-electron chi connectivity index (χ1n) is 30.3. The second kappa shape index (κ2) is 57.7. The molecule has 0 fully saturated rings. The van der Waals surface area contributed by atoms with Gasteiger partial charge in [0, 0.05) is 12.8 Å². The molecular weight excluding hydrogens is 839 g/mol. The first kappa shape index (κ1) is 66.1. The highest BCUT2D eigenvalue weighted by molar-refractivity contribution is 5.76. The van der Waals surface area contributed by atoms with Crippen LogP contribution in [0.4, 0.5) is 0 Å². The molecule has 400 valence electrons. The van der Waals surface area contributed by atoms with Crippen molar-refractivity contribution in [1.29, 1.82) is 0 Å². The Kier molecular flexibility index (Phi) is 56.0. The van der Waals surface area contributed by atoms with Crippen molar-refractivity contribution in [3.8, 4) is 0 Å². The average Bonchev–Trinajstić information content (AvgIpc) is 3.34. The molecule has 0 saturated heterocycles. The molecular formula is C62H117NO5. The summed E-state index contributed by atoms with van der Waals surface area (Å²) < 4.78 is 5.46. The van der Waals surface area contributed by atoms with Crippen LogP contribution >= 0.6 is 0 Å². The molecule has 0 aromatic heterocycles. The molecule has 68 heavy (non-hydrogen) atoms. The topological polar surface area (TPSA) is 95.9 Å². The number of unbranched alkanes of at least 4 members (excludes halogenated alkanes) is 41. The number of ether oxygens (including phenoxy) is 1. The molecule has 3 N–H and O–H groups in total. The van der Waals surface area contributed by atoms with Crippen LogP contribution < -0.4 is 5.32 Å². The number of amides is 1. The summed E-state index contributed by atoms with van der Waals surface area (Å²) in [5.41, 5.74) is 0. The molecule has 0 radical (unpaired) electrons. The molecule has 0 aromatic rings. The van der Waals surface area contributed by atoms with Gasteiger partial charge in [-0.25, -0.2) is 0 Å². The van der Waals surface area contributed by atoms with E-state index in [9.17, 15) is 19.8 Å². The minimum absolute atomic E-state index is 0.0379. The van der Waals surface area contributed by atoms with Gasteiger partial charge in [0.25, 0.3) is 0 Å². The Hall–Kier alpha value is -1.92. The Morgan fingerprint density at radius 1 is 0.397 bits per heavy atom. The largest absolute Gasteiger partial charge is 0.466 e. The van der Waals surface area contributed by atoms with Crippen molar-refractivity contribution in [3.05, 3.63) is 36.5 Å². The number of allylic oxidation sites excluding steroid dienone is 5. The van der Waals surface area contributed by atoms with Crippen LogP contribution in [0.3, 0.4) is 0 Å². The molecule has 0 saturated carbocycles. The molecule has 2 unspecified atom stereocenters. The van der Waals surface area contributed by atoms with Gasteiger partial charge < -0.3 is 20.3 Å². The van der Waals surface area contributed by atoms with E-state index < -0.39 is 12.1 Å². The third kappa shape index (κ3) is 53.4. The zero-order chi connectivity index (χ0) is 49.3. The standard InChI is InChI=1S/C62H117NO5/c1-3-5-7-9-11-13-15-17-19-21-23-24-25-26-28-29-31-33-35-38-42-46-50-54-60(65)59(58-64)63-61(66)55-51-47-43-39-37-41-45-49-53-57-68-62(67)56-52-48-44-40-36-34-32-30-27-22-20-18-16-14-12-10-8-6-4-2/h18,20,39,43,50,54,59-60,64-65H,3-17,19,21-38,40-42,44-49,51-53,55-58H2,1-2H3,(H,63,66)/b20-18-,43-39-,54-50+. The molecule has 1 amide bonds. The number of carbonyl (C=O) groups excluding carboxylic acids is 2. The molecule has 2 atom stereocenters. The number of esters is 1. The van der Waals surface area contributed by atoms with Crippen LogP contribution in [0.1, 0.15) is 322 Å². The zero-order valence-corrected chi connectivity index (χ0v) is 45.6. The highest BCUT2D eigenvalue weighted by Crippen LogP contribution is 2.17. The lowest BCUT2D eigenvalue weighted by Gasteiger charge is -2.19. The molecule has 6 nitrogen and oxygen atoms in total. The van der Waals surface area contributed by atoms with Gasteiger partial charge >= 0.3 is 5.97 Å². The van der Waals surface area contributed by atoms with Crippen molar-refractivity contribution in [1.82, 2.24) is 5.32 Å². The number of carbonyl (C=O) groups is 2. The van der Waals surface area contributed by atoms with Gasteiger partial charge in [-0.3, -0.25) is 9.59 Å². The summed E-state index contributed by atoms with van der Waals surface area (Å²) in [6.45, 7) is 4.83. The maximum atomic E-state index is 12.5. The Bertz CT molecular complexity index is 1100. The minimum atomic E-state index is -0.877. The fraction of sp³-hybridized carbons (Fsp3) is 0.871. The van der Waals surface area contributed by atoms with E-state index in [1.54, 1.807) is 6.08 Å². The van der Waals surface area contributed by atoms with Gasteiger partial charge in [0.15, 0.2) is 0 Å². The maximum Gasteiger partial charge on any atom is 0.305 e. The van der Waals surface area contributed by atoms with Crippen LogP contribution in [0.15, 0.2) is 36.5 Å². The highest BCUT2D eigenvalue weighted by Gasteiger charge is 2.18. The van der Waals surface area contributed by atoms with E-state index in [0.717, 1.165) is 70.6 Å². The Morgan fingerprint density at radius 2 is 0.706 bits per heavy atom. The van der Waals surface area contributed by atoms with Crippen molar-refractivity contribution in [2.75, 3.05) is 13.2 Å². The van der Waals surface area contributed by atoms with Crippen molar-refractivity contribution >= 4 is 11.9 Å². The van der Waals surface area contributed by atoms with Gasteiger partial charge in [-0.15, -0.1) is 0 Å². The molecule has 0 aliphatic rings. The second-order valence-electron chi connectivity index (χ2n) is 20.7. The molecule has 0 aliphatic carbocycles. The summed E-state index contributed by atoms with van der Waals surface area (Å²) in [5, 5.41) is 23.1. The molecule has 0 rings (SSSR count). The van der Waals surface area contributed by atoms with E-state index in [-0.39, 0.29) is 18.5 Å². The summed E-state index contributed by atoms with van der Waals surface area (Å²) in [6.07, 6.45) is 71.8. The Labute approximate surface area is 424 Å². The lowest BCUT2D eigenvalue weighted by Crippen LogP contribution is -2.45. The SMILES string of the molecule is CCCCCCCC/C=C\CCCCCCCCCCCC(=O)OCCCCCC/C=C\CCCC(=O)NC(CO)C(O)/C=C/CCCCCCCCCCCCCCCCCCCCCCC. The lowest BCUT2D eigenvalue weighted by atomic mass is 10.0. The van der Waals surface area contributed by atoms with Gasteiger partial charge in [-0.1, -0.05) is 269 Å². The predicted octanol–water partition coefficient (Wildman–Crippen LogP) is 18.8. The fourth-order valence-corrected chi connectivity index (χ4v) is 9.22. The van der Waals surface area contributed by atoms with E-state index in [2.05, 4.69) is 43.5 Å². The molecule has 0 aromatic carbocycles. The summed E-state index contributed by atoms with van der Waals surface area (Å²) >= 11 is 0. The highest BCUT2D eigenvalue weighted by atomic mass is 16.5. The summed E-state index contributed by atoms with van der Waals surface area (Å²) in [4.78, 5) is 24.6. The summed E-state index contributed by atoms with van der Waals surface area (Å²) in [5.74, 6) is -0.164. The van der Waals surface area contributed by atoms with E-state index in [0.29, 0.717) is 19.4 Å². The van der Waals surface area contributed by atoms with E-state index in [1.165, 1.54) is 225 Å². The van der Waals surface area contributed by atoms with Crippen molar-refractivity contribution in [2.45, 2.75) is 334 Å². The third-order valence-corrected chi connectivity index (χ3v) is 13.9. The first-order chi connectivity index (χ1) is 33.5. The zero-order valence-electron chi connectivity index (χ0n) is 45.6. The molecule has 0 bridgehead atoms. The van der Waals surface area contributed by atoms with Gasteiger partial charge in [-0.2, -0.15) is 0 Å². The number of aliphatic hydroxyl groups excluding tert-OH is 2. The van der Waals surface area contributed by atoms with E-state index in [1.807, 2.05) is 6.08 Å². The van der Waals surface area contributed by atoms with Crippen molar-refractivity contribution in [3.63, 3.8) is 0 Å². The minimum Gasteiger partial charge on any atom is -0.466 e. The van der Waals surface area contributed by atoms with E-state index in [4.69, 9.17) is 4.74 Å². The second-order valence-corrected chi connectivity index (χ2v) is 20.7. The van der Waals surface area contributed by atoms with Gasteiger partial charge in [0.05, 0.1) is 25.4 Å². The summed E-state index contributed by atoms with van der Waals surface area (Å²) in [6, 6.07) is -0.667. The first-order valence-corrected chi connectivity index (χ1v) is 30.3. The number of aliphatic hydroxyl groups is 2. The Morgan fingerprint density at radius 3 is 1.07 bits per heavy atom. The quantitative estimate of drug-likeness (QED) is 0.0321. The summed E-state index contributed by atoms with van der Waals surface area (Å²) in [7, 11) is 0. The number of hydrogen-bond donors (Lipinski definition) is 3. The number of rotatable bonds is 56. The normalized spacial score (nSPS) is 12.8. The monoisotopic (exact) mass is 956 g/mol.